The Balaban J connectivity index is 1.80. The largest absolute Gasteiger partial charge is 0.354 e. The summed E-state index contributed by atoms with van der Waals surface area (Å²) in [4.78, 5) is 14.4. The highest BCUT2D eigenvalue weighted by molar-refractivity contribution is 5.82. The van der Waals surface area contributed by atoms with E-state index in [1.165, 1.54) is 5.56 Å². The third kappa shape index (κ3) is 4.05. The fraction of sp³-hybridized carbons (Fsp3) is 0.562. The van der Waals surface area contributed by atoms with Gasteiger partial charge in [-0.1, -0.05) is 29.8 Å². The molecule has 0 bridgehead atoms. The summed E-state index contributed by atoms with van der Waals surface area (Å²) in [6.45, 7) is 5.00. The van der Waals surface area contributed by atoms with Gasteiger partial charge in [-0.2, -0.15) is 0 Å². The molecular weight excluding hydrogens is 250 g/mol. The van der Waals surface area contributed by atoms with Gasteiger partial charge in [0, 0.05) is 6.54 Å². The molecule has 110 valence electrons. The Morgan fingerprint density at radius 3 is 2.55 bits per heavy atom. The zero-order valence-electron chi connectivity index (χ0n) is 12.4. The number of nitrogens with zero attached hydrogens (tertiary/aromatic N) is 1. The minimum Gasteiger partial charge on any atom is -0.354 e. The zero-order chi connectivity index (χ0) is 14.5. The standard InChI is InChI=1S/C16H25N3O/c1-12-3-5-14(6-4-12)15(17)16(20)18-11-13-7-9-19(2)10-8-13/h3-6,13,15H,7-11,17H2,1-2H3,(H,18,20). The number of hydrogen-bond acceptors (Lipinski definition) is 3. The molecule has 1 atom stereocenters. The maximum Gasteiger partial charge on any atom is 0.241 e. The maximum atomic E-state index is 12.1. The van der Waals surface area contributed by atoms with Crippen LogP contribution >= 0.6 is 0 Å². The van der Waals surface area contributed by atoms with Crippen molar-refractivity contribution in [2.24, 2.45) is 11.7 Å². The zero-order valence-corrected chi connectivity index (χ0v) is 12.4. The van der Waals surface area contributed by atoms with Crippen molar-refractivity contribution in [3.05, 3.63) is 35.4 Å². The number of carbonyl (C=O) groups excluding carboxylic acids is 1. The van der Waals surface area contributed by atoms with Gasteiger partial charge in [-0.3, -0.25) is 4.79 Å². The molecule has 20 heavy (non-hydrogen) atoms. The lowest BCUT2D eigenvalue weighted by atomic mass is 9.97. The highest BCUT2D eigenvalue weighted by Gasteiger charge is 2.20. The van der Waals surface area contributed by atoms with Crippen LogP contribution in [0.5, 0.6) is 0 Å². The van der Waals surface area contributed by atoms with Crippen molar-refractivity contribution in [1.82, 2.24) is 10.2 Å². The first-order chi connectivity index (χ1) is 9.56. The SMILES string of the molecule is Cc1ccc(C(N)C(=O)NCC2CCN(C)CC2)cc1. The molecule has 1 aliphatic rings. The van der Waals surface area contributed by atoms with Crippen LogP contribution in [0.1, 0.15) is 30.0 Å². The lowest BCUT2D eigenvalue weighted by molar-refractivity contribution is -0.122. The van der Waals surface area contributed by atoms with Gasteiger partial charge in [-0.25, -0.2) is 0 Å². The lowest BCUT2D eigenvalue weighted by Gasteiger charge is -2.29. The smallest absolute Gasteiger partial charge is 0.241 e. The highest BCUT2D eigenvalue weighted by atomic mass is 16.2. The number of aryl methyl sites for hydroxylation is 1. The molecule has 1 heterocycles. The quantitative estimate of drug-likeness (QED) is 0.874. The third-order valence-electron chi connectivity index (χ3n) is 4.12. The Hall–Kier alpha value is -1.39. The molecule has 1 aromatic carbocycles. The number of hydrogen-bond donors (Lipinski definition) is 2. The summed E-state index contributed by atoms with van der Waals surface area (Å²) < 4.78 is 0. The molecule has 1 saturated heterocycles. The van der Waals surface area contributed by atoms with Crippen molar-refractivity contribution in [2.45, 2.75) is 25.8 Å². The number of piperidine rings is 1. The molecule has 4 nitrogen and oxygen atoms in total. The number of nitrogens with two attached hydrogens (primary N) is 1. The molecule has 2 rings (SSSR count). The van der Waals surface area contributed by atoms with Crippen LogP contribution < -0.4 is 11.1 Å². The van der Waals surface area contributed by atoms with Crippen molar-refractivity contribution in [3.8, 4) is 0 Å². The average Bonchev–Trinajstić information content (AvgIpc) is 2.46. The minimum atomic E-state index is -0.568. The summed E-state index contributed by atoms with van der Waals surface area (Å²) in [5.41, 5.74) is 8.05. The number of nitrogens with one attached hydrogen (secondary N) is 1. The van der Waals surface area contributed by atoms with Crippen LogP contribution in [-0.2, 0) is 4.79 Å². The number of likely N-dealkylation sites (tertiary alicyclic amines) is 1. The van der Waals surface area contributed by atoms with E-state index in [9.17, 15) is 4.79 Å². The number of carbonyl (C=O) groups is 1. The molecule has 0 aromatic heterocycles. The van der Waals surface area contributed by atoms with Gasteiger partial charge in [0.25, 0.3) is 0 Å². The normalized spacial score (nSPS) is 18.8. The topological polar surface area (TPSA) is 58.4 Å². The Morgan fingerprint density at radius 1 is 1.35 bits per heavy atom. The fourth-order valence-corrected chi connectivity index (χ4v) is 2.55. The first-order valence-corrected chi connectivity index (χ1v) is 7.34. The van der Waals surface area contributed by atoms with Gasteiger partial charge >= 0.3 is 0 Å². The molecule has 1 unspecified atom stereocenters. The molecule has 3 N–H and O–H groups in total. The molecule has 1 aliphatic heterocycles. The maximum absolute atomic E-state index is 12.1. The predicted molar refractivity (Wildman–Crippen MR) is 81.3 cm³/mol. The van der Waals surface area contributed by atoms with Crippen LogP contribution in [-0.4, -0.2) is 37.5 Å². The summed E-state index contributed by atoms with van der Waals surface area (Å²) in [5, 5.41) is 3.00. The summed E-state index contributed by atoms with van der Waals surface area (Å²) in [6, 6.07) is 7.25. The molecule has 0 spiro atoms. The summed E-state index contributed by atoms with van der Waals surface area (Å²) in [6.07, 6.45) is 2.30. The average molecular weight is 275 g/mol. The minimum absolute atomic E-state index is 0.0761. The van der Waals surface area contributed by atoms with Crippen LogP contribution in [0.3, 0.4) is 0 Å². The molecule has 0 saturated carbocycles. The van der Waals surface area contributed by atoms with Crippen LogP contribution in [0.15, 0.2) is 24.3 Å². The number of amides is 1. The molecule has 4 heteroatoms. The van der Waals surface area contributed by atoms with Gasteiger partial charge in [0.05, 0.1) is 0 Å². The Labute approximate surface area is 121 Å². The van der Waals surface area contributed by atoms with E-state index < -0.39 is 6.04 Å². The van der Waals surface area contributed by atoms with Crippen LogP contribution in [0.25, 0.3) is 0 Å². The Bertz CT molecular complexity index is 436. The molecular formula is C16H25N3O. The van der Waals surface area contributed by atoms with Crippen molar-refractivity contribution in [1.29, 1.82) is 0 Å². The third-order valence-corrected chi connectivity index (χ3v) is 4.12. The summed E-state index contributed by atoms with van der Waals surface area (Å²) >= 11 is 0. The van der Waals surface area contributed by atoms with Gasteiger partial charge in [0.2, 0.25) is 5.91 Å². The van der Waals surface area contributed by atoms with Crippen LogP contribution in [0.2, 0.25) is 0 Å². The van der Waals surface area contributed by atoms with Crippen molar-refractivity contribution in [2.75, 3.05) is 26.7 Å². The van der Waals surface area contributed by atoms with Gasteiger partial charge in [-0.15, -0.1) is 0 Å². The number of benzene rings is 1. The molecule has 1 amide bonds. The van der Waals surface area contributed by atoms with E-state index in [1.807, 2.05) is 31.2 Å². The van der Waals surface area contributed by atoms with E-state index in [0.717, 1.165) is 38.0 Å². The first-order valence-electron chi connectivity index (χ1n) is 7.34. The monoisotopic (exact) mass is 275 g/mol. The van der Waals surface area contributed by atoms with E-state index in [1.54, 1.807) is 0 Å². The van der Waals surface area contributed by atoms with Gasteiger partial charge in [0.15, 0.2) is 0 Å². The molecule has 1 fully saturated rings. The van der Waals surface area contributed by atoms with Crippen LogP contribution in [0.4, 0.5) is 0 Å². The highest BCUT2D eigenvalue weighted by Crippen LogP contribution is 2.16. The van der Waals surface area contributed by atoms with E-state index in [4.69, 9.17) is 5.73 Å². The van der Waals surface area contributed by atoms with E-state index in [-0.39, 0.29) is 5.91 Å². The predicted octanol–water partition coefficient (Wildman–Crippen LogP) is 1.45. The molecule has 1 aromatic rings. The summed E-state index contributed by atoms with van der Waals surface area (Å²) in [7, 11) is 2.14. The van der Waals surface area contributed by atoms with Crippen molar-refractivity contribution in [3.63, 3.8) is 0 Å². The van der Waals surface area contributed by atoms with E-state index in [2.05, 4.69) is 17.3 Å². The van der Waals surface area contributed by atoms with Gasteiger partial charge in [0.1, 0.15) is 6.04 Å². The fourth-order valence-electron chi connectivity index (χ4n) is 2.55. The van der Waals surface area contributed by atoms with Crippen LogP contribution in [0, 0.1) is 12.8 Å². The summed E-state index contributed by atoms with van der Waals surface area (Å²) in [5.74, 6) is 0.508. The van der Waals surface area contributed by atoms with E-state index in [0.29, 0.717) is 5.92 Å². The van der Waals surface area contributed by atoms with Gasteiger partial charge < -0.3 is 16.0 Å². The second-order valence-corrected chi connectivity index (χ2v) is 5.88. The van der Waals surface area contributed by atoms with E-state index >= 15 is 0 Å². The second kappa shape index (κ2) is 6.86. The molecule has 0 aliphatic carbocycles. The lowest BCUT2D eigenvalue weighted by Crippen LogP contribution is -2.40. The second-order valence-electron chi connectivity index (χ2n) is 5.88. The van der Waals surface area contributed by atoms with Gasteiger partial charge in [-0.05, 0) is 51.4 Å². The van der Waals surface area contributed by atoms with Crippen molar-refractivity contribution < 1.29 is 4.79 Å². The number of rotatable bonds is 4. The van der Waals surface area contributed by atoms with Crippen molar-refractivity contribution >= 4 is 5.91 Å². The Morgan fingerprint density at radius 2 is 1.95 bits per heavy atom. The molecule has 0 radical (unpaired) electrons. The Kier molecular flexibility index (Phi) is 5.15. The first kappa shape index (κ1) is 15.0.